The average Bonchev–Trinajstić information content (AvgIpc) is 2.46. The maximum Gasteiger partial charge on any atom is 0.340 e. The Morgan fingerprint density at radius 2 is 0.929 bits per heavy atom. The van der Waals surface area contributed by atoms with E-state index in [0.29, 0.717) is 0 Å². The lowest BCUT2D eigenvalue weighted by Crippen LogP contribution is -2.68. The molecule has 0 aliphatic heterocycles. The van der Waals surface area contributed by atoms with Crippen molar-refractivity contribution in [1.29, 1.82) is 0 Å². The van der Waals surface area contributed by atoms with Crippen molar-refractivity contribution in [3.8, 4) is 0 Å². The van der Waals surface area contributed by atoms with E-state index < -0.39 is 39.8 Å². The molecular weight excluding hydrogens is 392 g/mol. The summed E-state index contributed by atoms with van der Waals surface area (Å²) >= 11 is 0. The van der Waals surface area contributed by atoms with Crippen LogP contribution in [0.3, 0.4) is 0 Å². The van der Waals surface area contributed by atoms with E-state index in [1.807, 2.05) is 67.0 Å². The third-order valence-corrected chi connectivity index (χ3v) is 5.85. The molecule has 0 aromatic rings. The molecule has 0 rings (SSSR count). The topological polar surface area (TPSA) is 71.1 Å². The summed E-state index contributed by atoms with van der Waals surface area (Å²) in [5, 5.41) is 0. The molecule has 0 bridgehead atoms. The quantitative estimate of drug-likeness (QED) is 0.349. The number of ether oxygens (including phenoxy) is 2. The Hall–Kier alpha value is -0.706. The zero-order chi connectivity index (χ0) is 22.6. The van der Waals surface area contributed by atoms with Crippen LogP contribution in [-0.2, 0) is 27.9 Å². The van der Waals surface area contributed by atoms with E-state index in [9.17, 15) is 9.59 Å². The third kappa shape index (κ3) is 8.35. The van der Waals surface area contributed by atoms with Crippen LogP contribution in [0.15, 0.2) is 0 Å². The predicted octanol–water partition coefficient (Wildman–Crippen LogP) is 4.61. The lowest BCUT2D eigenvalue weighted by atomic mass is 9.86. The highest BCUT2D eigenvalue weighted by molar-refractivity contribution is 6.70. The molecule has 166 valence electrons. The van der Waals surface area contributed by atoms with Crippen molar-refractivity contribution in [3.63, 3.8) is 0 Å². The summed E-state index contributed by atoms with van der Waals surface area (Å²) in [6, 6.07) is 0. The standard InChI is InChI=1S/C20H42O6Si2/c1-15(2)13-23-17(21)19(5,25-27(7,8)9)20(6,26-28(10,11)12)18(22)24-14-16(3)4/h15-16H,13-14H2,1-12H3. The van der Waals surface area contributed by atoms with Gasteiger partial charge in [-0.3, -0.25) is 0 Å². The summed E-state index contributed by atoms with van der Waals surface area (Å²) in [7, 11) is -4.52. The van der Waals surface area contributed by atoms with Gasteiger partial charge in [0.1, 0.15) is 0 Å². The van der Waals surface area contributed by atoms with Gasteiger partial charge in [-0.1, -0.05) is 27.7 Å². The van der Waals surface area contributed by atoms with Gasteiger partial charge in [0, 0.05) is 0 Å². The number of hydrogen-bond donors (Lipinski definition) is 0. The van der Waals surface area contributed by atoms with Crippen LogP contribution >= 0.6 is 0 Å². The first-order valence-electron chi connectivity index (χ1n) is 10.1. The van der Waals surface area contributed by atoms with Crippen molar-refractivity contribution < 1.29 is 27.9 Å². The van der Waals surface area contributed by atoms with Gasteiger partial charge in [0.2, 0.25) is 0 Å². The van der Waals surface area contributed by atoms with E-state index in [1.165, 1.54) is 0 Å². The lowest BCUT2D eigenvalue weighted by Gasteiger charge is -2.47. The van der Waals surface area contributed by atoms with E-state index in [-0.39, 0.29) is 25.0 Å². The van der Waals surface area contributed by atoms with Crippen LogP contribution in [0.2, 0.25) is 39.3 Å². The van der Waals surface area contributed by atoms with Crippen molar-refractivity contribution in [2.45, 2.75) is 92.0 Å². The highest BCUT2D eigenvalue weighted by Crippen LogP contribution is 2.37. The summed E-state index contributed by atoms with van der Waals surface area (Å²) in [5.74, 6) is -0.856. The van der Waals surface area contributed by atoms with E-state index in [4.69, 9.17) is 18.3 Å². The van der Waals surface area contributed by atoms with Crippen LogP contribution < -0.4 is 0 Å². The maximum absolute atomic E-state index is 13.2. The summed E-state index contributed by atoms with van der Waals surface area (Å²) in [6.07, 6.45) is 0. The number of hydrogen-bond acceptors (Lipinski definition) is 6. The zero-order valence-corrected chi connectivity index (χ0v) is 22.0. The van der Waals surface area contributed by atoms with E-state index in [1.54, 1.807) is 13.8 Å². The molecule has 2 atom stereocenters. The van der Waals surface area contributed by atoms with Crippen molar-refractivity contribution in [2.75, 3.05) is 13.2 Å². The number of carbonyl (C=O) groups excluding carboxylic acids is 2. The highest BCUT2D eigenvalue weighted by Gasteiger charge is 2.62. The number of rotatable bonds is 11. The molecule has 0 fully saturated rings. The number of carbonyl (C=O) groups is 2. The Morgan fingerprint density at radius 3 is 1.11 bits per heavy atom. The molecule has 8 heteroatoms. The average molecular weight is 435 g/mol. The fourth-order valence-corrected chi connectivity index (χ4v) is 5.66. The minimum Gasteiger partial charge on any atom is -0.463 e. The molecule has 0 N–H and O–H groups in total. The Morgan fingerprint density at radius 1 is 0.679 bits per heavy atom. The second-order valence-corrected chi connectivity index (χ2v) is 19.3. The van der Waals surface area contributed by atoms with Crippen molar-refractivity contribution in [2.24, 2.45) is 11.8 Å². The molecule has 0 aromatic heterocycles. The molecule has 0 saturated heterocycles. The second-order valence-electron chi connectivity index (χ2n) is 10.5. The molecule has 0 heterocycles. The van der Waals surface area contributed by atoms with Crippen molar-refractivity contribution >= 4 is 28.6 Å². The second kappa shape index (κ2) is 9.87. The van der Waals surface area contributed by atoms with Crippen LogP contribution in [-0.4, -0.2) is 53.0 Å². The Bertz CT molecular complexity index is 488. The molecule has 0 spiro atoms. The van der Waals surface area contributed by atoms with Gasteiger partial charge in [-0.2, -0.15) is 0 Å². The van der Waals surface area contributed by atoms with Gasteiger partial charge in [0.15, 0.2) is 27.8 Å². The summed E-state index contributed by atoms with van der Waals surface area (Å²) in [6.45, 7) is 23.3. The molecule has 0 aliphatic carbocycles. The van der Waals surface area contributed by atoms with Crippen LogP contribution in [0.25, 0.3) is 0 Å². The number of esters is 2. The van der Waals surface area contributed by atoms with Crippen LogP contribution in [0.5, 0.6) is 0 Å². The molecule has 2 unspecified atom stereocenters. The molecule has 6 nitrogen and oxygen atoms in total. The fraction of sp³-hybridized carbons (Fsp3) is 0.900. The third-order valence-electron chi connectivity index (χ3n) is 3.81. The first-order chi connectivity index (χ1) is 12.3. The van der Waals surface area contributed by atoms with Crippen LogP contribution in [0.4, 0.5) is 0 Å². The molecule has 0 radical (unpaired) electrons. The van der Waals surface area contributed by atoms with Gasteiger partial charge in [-0.25, -0.2) is 9.59 Å². The lowest BCUT2D eigenvalue weighted by molar-refractivity contribution is -0.200. The maximum atomic E-state index is 13.2. The predicted molar refractivity (Wildman–Crippen MR) is 117 cm³/mol. The van der Waals surface area contributed by atoms with Gasteiger partial charge in [0.05, 0.1) is 13.2 Å². The molecular formula is C20H42O6Si2. The normalized spacial score (nSPS) is 17.2. The molecule has 0 saturated carbocycles. The summed E-state index contributed by atoms with van der Waals surface area (Å²) in [4.78, 5) is 26.4. The van der Waals surface area contributed by atoms with Gasteiger partial charge in [0.25, 0.3) is 0 Å². The molecule has 0 amide bonds. The van der Waals surface area contributed by atoms with Crippen molar-refractivity contribution in [3.05, 3.63) is 0 Å². The zero-order valence-electron chi connectivity index (χ0n) is 20.0. The summed E-state index contributed by atoms with van der Waals surface area (Å²) < 4.78 is 23.7. The van der Waals surface area contributed by atoms with Crippen LogP contribution in [0.1, 0.15) is 41.5 Å². The fourth-order valence-electron chi connectivity index (χ4n) is 2.65. The Balaban J connectivity index is 6.26. The van der Waals surface area contributed by atoms with Crippen molar-refractivity contribution in [1.82, 2.24) is 0 Å². The van der Waals surface area contributed by atoms with Gasteiger partial charge in [-0.05, 0) is 65.0 Å². The first-order valence-corrected chi connectivity index (χ1v) is 16.9. The van der Waals surface area contributed by atoms with Gasteiger partial charge < -0.3 is 18.3 Å². The smallest absolute Gasteiger partial charge is 0.340 e. The Labute approximate surface area is 173 Å². The highest BCUT2D eigenvalue weighted by atomic mass is 28.4. The van der Waals surface area contributed by atoms with Gasteiger partial charge in [-0.15, -0.1) is 0 Å². The minimum atomic E-state index is -2.26. The minimum absolute atomic E-state index is 0.164. The Kier molecular flexibility index (Phi) is 9.62. The van der Waals surface area contributed by atoms with E-state index in [2.05, 4.69) is 0 Å². The van der Waals surface area contributed by atoms with E-state index in [0.717, 1.165) is 0 Å². The van der Waals surface area contributed by atoms with Crippen LogP contribution in [0, 0.1) is 11.8 Å². The summed E-state index contributed by atoms with van der Waals surface area (Å²) in [5.41, 5.74) is -3.22. The SMILES string of the molecule is CC(C)COC(=O)C(C)(O[Si](C)(C)C)C(C)(O[Si](C)(C)C)C(=O)OCC(C)C. The molecule has 0 aliphatic rings. The largest absolute Gasteiger partial charge is 0.463 e. The molecule has 28 heavy (non-hydrogen) atoms. The van der Waals surface area contributed by atoms with Gasteiger partial charge >= 0.3 is 11.9 Å². The first kappa shape index (κ1) is 27.3. The molecule has 0 aromatic carbocycles. The van der Waals surface area contributed by atoms with E-state index >= 15 is 0 Å². The monoisotopic (exact) mass is 434 g/mol.